The van der Waals surface area contributed by atoms with Crippen LogP contribution in [0.15, 0.2) is 48.5 Å². The van der Waals surface area contributed by atoms with E-state index in [1.54, 1.807) is 4.90 Å². The average molecular weight is 282 g/mol. The molecule has 0 aliphatic carbocycles. The first-order valence-corrected chi connectivity index (χ1v) is 7.27. The Kier molecular flexibility index (Phi) is 4.99. The molecule has 0 atom stereocenters. The van der Waals surface area contributed by atoms with Crippen molar-refractivity contribution in [1.29, 1.82) is 0 Å². The lowest BCUT2D eigenvalue weighted by molar-refractivity contribution is -0.116. The third kappa shape index (κ3) is 4.09. The second-order valence-corrected chi connectivity index (χ2v) is 5.20. The number of carbonyl (C=O) groups is 1. The van der Waals surface area contributed by atoms with Crippen molar-refractivity contribution in [3.63, 3.8) is 0 Å². The van der Waals surface area contributed by atoms with Crippen molar-refractivity contribution < 1.29 is 4.79 Å². The van der Waals surface area contributed by atoms with Gasteiger partial charge in [0.15, 0.2) is 0 Å². The number of benzene rings is 2. The number of carbonyl (C=O) groups excluding carboxylic acids is 1. The summed E-state index contributed by atoms with van der Waals surface area (Å²) in [7, 11) is 0. The zero-order valence-corrected chi connectivity index (χ0v) is 12.9. The summed E-state index contributed by atoms with van der Waals surface area (Å²) in [5, 5.41) is 3.19. The number of nitrogens with one attached hydrogen (secondary N) is 1. The van der Waals surface area contributed by atoms with Gasteiger partial charge in [0.1, 0.15) is 0 Å². The van der Waals surface area contributed by atoms with E-state index < -0.39 is 0 Å². The maximum atomic E-state index is 12.4. The first-order chi connectivity index (χ1) is 10.1. The van der Waals surface area contributed by atoms with Crippen LogP contribution in [0.1, 0.15) is 18.1 Å². The Labute approximate surface area is 126 Å². The van der Waals surface area contributed by atoms with Crippen LogP contribution in [0.2, 0.25) is 0 Å². The molecule has 2 aromatic carbocycles. The summed E-state index contributed by atoms with van der Waals surface area (Å²) in [6.07, 6.45) is 0. The van der Waals surface area contributed by atoms with E-state index in [0.29, 0.717) is 13.1 Å². The van der Waals surface area contributed by atoms with E-state index in [1.165, 1.54) is 5.56 Å². The van der Waals surface area contributed by atoms with Crippen molar-refractivity contribution >= 4 is 17.3 Å². The summed E-state index contributed by atoms with van der Waals surface area (Å²) in [6, 6.07) is 16.1. The molecule has 0 spiro atoms. The Morgan fingerprint density at radius 1 is 1.05 bits per heavy atom. The lowest BCUT2D eigenvalue weighted by Gasteiger charge is -2.22. The topological polar surface area (TPSA) is 32.3 Å². The summed E-state index contributed by atoms with van der Waals surface area (Å²) in [5.41, 5.74) is 4.26. The highest BCUT2D eigenvalue weighted by Gasteiger charge is 2.13. The predicted molar refractivity (Wildman–Crippen MR) is 88.9 cm³/mol. The van der Waals surface area contributed by atoms with Gasteiger partial charge in [-0.25, -0.2) is 0 Å². The third-order valence-electron chi connectivity index (χ3n) is 3.39. The third-order valence-corrected chi connectivity index (χ3v) is 3.39. The molecule has 0 unspecified atom stereocenters. The Morgan fingerprint density at radius 3 is 2.33 bits per heavy atom. The van der Waals surface area contributed by atoms with Crippen LogP contribution in [-0.4, -0.2) is 19.0 Å². The fourth-order valence-electron chi connectivity index (χ4n) is 2.33. The Balaban J connectivity index is 2.04. The summed E-state index contributed by atoms with van der Waals surface area (Å²) in [5.74, 6) is 0.0737. The highest BCUT2D eigenvalue weighted by atomic mass is 16.2. The minimum Gasteiger partial charge on any atom is -0.376 e. The molecule has 0 radical (unpaired) electrons. The van der Waals surface area contributed by atoms with E-state index in [1.807, 2.05) is 69.3 Å². The fourth-order valence-corrected chi connectivity index (χ4v) is 2.33. The molecule has 0 bridgehead atoms. The number of aryl methyl sites for hydroxylation is 2. The molecule has 2 aromatic rings. The molecule has 0 aliphatic heterocycles. The van der Waals surface area contributed by atoms with Gasteiger partial charge < -0.3 is 10.2 Å². The van der Waals surface area contributed by atoms with Gasteiger partial charge in [0.25, 0.3) is 0 Å². The van der Waals surface area contributed by atoms with Crippen molar-refractivity contribution in [3.05, 3.63) is 59.7 Å². The summed E-state index contributed by atoms with van der Waals surface area (Å²) < 4.78 is 0. The monoisotopic (exact) mass is 282 g/mol. The van der Waals surface area contributed by atoms with Crippen molar-refractivity contribution in [3.8, 4) is 0 Å². The first kappa shape index (κ1) is 15.1. The quantitative estimate of drug-likeness (QED) is 0.905. The second-order valence-electron chi connectivity index (χ2n) is 5.20. The van der Waals surface area contributed by atoms with E-state index in [-0.39, 0.29) is 5.91 Å². The summed E-state index contributed by atoms with van der Waals surface area (Å²) in [4.78, 5) is 14.2. The van der Waals surface area contributed by atoms with E-state index in [9.17, 15) is 4.79 Å². The van der Waals surface area contributed by atoms with Gasteiger partial charge in [0, 0.05) is 17.9 Å². The molecule has 0 heterocycles. The van der Waals surface area contributed by atoms with Crippen LogP contribution in [-0.2, 0) is 4.79 Å². The number of hydrogen-bond acceptors (Lipinski definition) is 2. The molecule has 2 rings (SSSR count). The van der Waals surface area contributed by atoms with Crippen molar-refractivity contribution in [1.82, 2.24) is 0 Å². The number of likely N-dealkylation sites (N-methyl/N-ethyl adjacent to an activating group) is 1. The lowest BCUT2D eigenvalue weighted by atomic mass is 10.2. The molecule has 3 heteroatoms. The summed E-state index contributed by atoms with van der Waals surface area (Å²) in [6.45, 7) is 7.03. The molecule has 0 aliphatic rings. The maximum absolute atomic E-state index is 12.4. The van der Waals surface area contributed by atoms with E-state index >= 15 is 0 Å². The summed E-state index contributed by atoms with van der Waals surface area (Å²) >= 11 is 0. The molecule has 1 N–H and O–H groups in total. The van der Waals surface area contributed by atoms with Crippen LogP contribution in [0.4, 0.5) is 11.4 Å². The number of amides is 1. The zero-order chi connectivity index (χ0) is 15.2. The van der Waals surface area contributed by atoms with Gasteiger partial charge in [-0.05, 0) is 56.2 Å². The average Bonchev–Trinajstić information content (AvgIpc) is 2.46. The minimum absolute atomic E-state index is 0.0737. The number of nitrogens with zero attached hydrogens (tertiary/aromatic N) is 1. The molecule has 0 saturated carbocycles. The van der Waals surface area contributed by atoms with Gasteiger partial charge in [0.2, 0.25) is 5.91 Å². The fraction of sp³-hybridized carbons (Fsp3) is 0.278. The maximum Gasteiger partial charge on any atom is 0.246 e. The Hall–Kier alpha value is -2.29. The van der Waals surface area contributed by atoms with Gasteiger partial charge in [-0.1, -0.05) is 24.3 Å². The van der Waals surface area contributed by atoms with Gasteiger partial charge >= 0.3 is 0 Å². The van der Waals surface area contributed by atoms with Gasteiger partial charge in [-0.2, -0.15) is 0 Å². The van der Waals surface area contributed by atoms with Gasteiger partial charge in [0.05, 0.1) is 6.54 Å². The standard InChI is InChI=1S/C18H22N2O/c1-4-20(17-10-6-8-15(3)12-17)18(21)13-19-16-9-5-7-14(2)11-16/h5-12,19H,4,13H2,1-3H3. The predicted octanol–water partition coefficient (Wildman–Crippen LogP) is 3.77. The van der Waals surface area contributed by atoms with Gasteiger partial charge in [-0.3, -0.25) is 4.79 Å². The van der Waals surface area contributed by atoms with Crippen LogP contribution < -0.4 is 10.2 Å². The first-order valence-electron chi connectivity index (χ1n) is 7.27. The number of rotatable bonds is 5. The number of anilines is 2. The Morgan fingerprint density at radius 2 is 1.71 bits per heavy atom. The smallest absolute Gasteiger partial charge is 0.246 e. The molecule has 3 nitrogen and oxygen atoms in total. The molecular weight excluding hydrogens is 260 g/mol. The molecular formula is C18H22N2O. The largest absolute Gasteiger partial charge is 0.376 e. The molecule has 1 amide bonds. The zero-order valence-electron chi connectivity index (χ0n) is 12.9. The Bertz CT molecular complexity index is 622. The molecule has 110 valence electrons. The van der Waals surface area contributed by atoms with Gasteiger partial charge in [-0.15, -0.1) is 0 Å². The van der Waals surface area contributed by atoms with Crippen molar-refractivity contribution in [2.75, 3.05) is 23.3 Å². The lowest BCUT2D eigenvalue weighted by Crippen LogP contribution is -2.35. The van der Waals surface area contributed by atoms with E-state index in [4.69, 9.17) is 0 Å². The van der Waals surface area contributed by atoms with Crippen LogP contribution >= 0.6 is 0 Å². The van der Waals surface area contributed by atoms with Crippen molar-refractivity contribution in [2.45, 2.75) is 20.8 Å². The molecule has 0 saturated heterocycles. The van der Waals surface area contributed by atoms with Crippen molar-refractivity contribution in [2.24, 2.45) is 0 Å². The van der Waals surface area contributed by atoms with Crippen LogP contribution in [0.25, 0.3) is 0 Å². The molecule has 0 fully saturated rings. The van der Waals surface area contributed by atoms with E-state index in [2.05, 4.69) is 5.32 Å². The highest BCUT2D eigenvalue weighted by molar-refractivity contribution is 5.96. The van der Waals surface area contributed by atoms with E-state index in [0.717, 1.165) is 16.9 Å². The van der Waals surface area contributed by atoms with Crippen LogP contribution in [0.3, 0.4) is 0 Å². The van der Waals surface area contributed by atoms with Crippen LogP contribution in [0.5, 0.6) is 0 Å². The number of hydrogen-bond donors (Lipinski definition) is 1. The second kappa shape index (κ2) is 6.93. The SMILES string of the molecule is CCN(C(=O)CNc1cccc(C)c1)c1cccc(C)c1. The molecule has 0 aromatic heterocycles. The highest BCUT2D eigenvalue weighted by Crippen LogP contribution is 2.16. The molecule has 21 heavy (non-hydrogen) atoms. The minimum atomic E-state index is 0.0737. The van der Waals surface area contributed by atoms with Crippen LogP contribution in [0, 0.1) is 13.8 Å². The normalized spacial score (nSPS) is 10.2.